The number of carbonyl (C=O) groups is 1. The minimum Gasteiger partial charge on any atom is -0.493 e. The number of methoxy groups -OCH3 is 2. The molecule has 0 radical (unpaired) electrons. The number of amides is 1. The van der Waals surface area contributed by atoms with Crippen molar-refractivity contribution in [1.82, 2.24) is 4.98 Å². The van der Waals surface area contributed by atoms with Crippen molar-refractivity contribution in [2.24, 2.45) is 0 Å². The summed E-state index contributed by atoms with van der Waals surface area (Å²) in [5.41, 5.74) is 1.46. The topological polar surface area (TPSA) is 60.5 Å². The highest BCUT2D eigenvalue weighted by Crippen LogP contribution is 2.28. The van der Waals surface area contributed by atoms with Crippen LogP contribution in [0.15, 0.2) is 34.9 Å². The van der Waals surface area contributed by atoms with Gasteiger partial charge in [-0.15, -0.1) is 0 Å². The summed E-state index contributed by atoms with van der Waals surface area (Å²) in [5.74, 6) is 1.32. The molecule has 0 bridgehead atoms. The van der Waals surface area contributed by atoms with Gasteiger partial charge in [0.05, 0.1) is 14.2 Å². The molecule has 1 aromatic heterocycles. The Morgan fingerprint density at radius 2 is 1.90 bits per heavy atom. The zero-order chi connectivity index (χ0) is 15.4. The van der Waals surface area contributed by atoms with Crippen molar-refractivity contribution >= 4 is 27.7 Å². The Morgan fingerprint density at radius 1 is 1.19 bits per heavy atom. The van der Waals surface area contributed by atoms with Gasteiger partial charge in [0.2, 0.25) is 0 Å². The average molecular weight is 351 g/mol. The van der Waals surface area contributed by atoms with Gasteiger partial charge in [-0.3, -0.25) is 4.79 Å². The molecule has 2 aromatic rings. The Bertz CT molecular complexity index is 674. The Kier molecular flexibility index (Phi) is 4.80. The summed E-state index contributed by atoms with van der Waals surface area (Å²) in [5, 5.41) is 2.75. The Morgan fingerprint density at radius 3 is 2.52 bits per heavy atom. The van der Waals surface area contributed by atoms with Gasteiger partial charge in [0.15, 0.2) is 11.5 Å². The van der Waals surface area contributed by atoms with Crippen molar-refractivity contribution in [3.05, 3.63) is 46.1 Å². The molecule has 1 aromatic carbocycles. The number of anilines is 1. The number of halogens is 1. The molecule has 0 atom stereocenters. The summed E-state index contributed by atoms with van der Waals surface area (Å²) in [6.45, 7) is 1.93. The average Bonchev–Trinajstić information content (AvgIpc) is 2.50. The first-order valence-electron chi connectivity index (χ1n) is 6.20. The third-order valence-electron chi connectivity index (χ3n) is 2.93. The second-order valence-corrected chi connectivity index (χ2v) is 5.20. The zero-order valence-electron chi connectivity index (χ0n) is 11.9. The van der Waals surface area contributed by atoms with Gasteiger partial charge in [-0.25, -0.2) is 4.98 Å². The molecule has 2 rings (SSSR count). The van der Waals surface area contributed by atoms with Crippen LogP contribution in [0.25, 0.3) is 0 Å². The highest BCUT2D eigenvalue weighted by molar-refractivity contribution is 9.10. The van der Waals surface area contributed by atoms with E-state index in [-0.39, 0.29) is 5.91 Å². The quantitative estimate of drug-likeness (QED) is 0.917. The van der Waals surface area contributed by atoms with Crippen LogP contribution in [-0.2, 0) is 0 Å². The zero-order valence-corrected chi connectivity index (χ0v) is 13.5. The summed E-state index contributed by atoms with van der Waals surface area (Å²) >= 11 is 3.37. The van der Waals surface area contributed by atoms with Gasteiger partial charge in [0.25, 0.3) is 5.91 Å². The molecule has 0 unspecified atom stereocenters. The Labute approximate surface area is 131 Å². The van der Waals surface area contributed by atoms with Gasteiger partial charge in [0, 0.05) is 16.2 Å². The molecule has 0 aliphatic carbocycles. The number of benzene rings is 1. The van der Waals surface area contributed by atoms with Crippen molar-refractivity contribution in [3.63, 3.8) is 0 Å². The van der Waals surface area contributed by atoms with E-state index in [4.69, 9.17) is 9.47 Å². The first kappa shape index (κ1) is 15.3. The molecule has 5 nitrogen and oxygen atoms in total. The lowest BCUT2D eigenvalue weighted by atomic mass is 10.2. The molecule has 0 fully saturated rings. The van der Waals surface area contributed by atoms with Crippen LogP contribution in [0.2, 0.25) is 0 Å². The monoisotopic (exact) mass is 350 g/mol. The predicted molar refractivity (Wildman–Crippen MR) is 84.2 cm³/mol. The number of aryl methyl sites for hydroxylation is 1. The first-order chi connectivity index (χ1) is 10.0. The van der Waals surface area contributed by atoms with Gasteiger partial charge in [-0.05, 0) is 52.7 Å². The predicted octanol–water partition coefficient (Wildman–Crippen LogP) is 3.42. The van der Waals surface area contributed by atoms with Crippen molar-refractivity contribution in [2.75, 3.05) is 19.5 Å². The molecule has 0 aliphatic rings. The molecular formula is C15H15BrN2O3. The van der Waals surface area contributed by atoms with Crippen molar-refractivity contribution < 1.29 is 14.3 Å². The van der Waals surface area contributed by atoms with E-state index in [0.717, 1.165) is 10.0 Å². The largest absolute Gasteiger partial charge is 0.493 e. The summed E-state index contributed by atoms with van der Waals surface area (Å²) in [6.07, 6.45) is 1.65. The van der Waals surface area contributed by atoms with Crippen LogP contribution in [0, 0.1) is 6.92 Å². The van der Waals surface area contributed by atoms with E-state index in [0.29, 0.717) is 22.9 Å². The summed E-state index contributed by atoms with van der Waals surface area (Å²) < 4.78 is 11.2. The lowest BCUT2D eigenvalue weighted by Gasteiger charge is -2.10. The van der Waals surface area contributed by atoms with E-state index in [1.165, 1.54) is 7.11 Å². The van der Waals surface area contributed by atoms with Gasteiger partial charge in [-0.1, -0.05) is 0 Å². The second kappa shape index (κ2) is 6.58. The van der Waals surface area contributed by atoms with Crippen molar-refractivity contribution in [1.29, 1.82) is 0 Å². The van der Waals surface area contributed by atoms with E-state index in [1.54, 1.807) is 37.6 Å². The number of aromatic nitrogens is 1. The van der Waals surface area contributed by atoms with E-state index >= 15 is 0 Å². The van der Waals surface area contributed by atoms with E-state index in [2.05, 4.69) is 26.2 Å². The lowest BCUT2D eigenvalue weighted by Crippen LogP contribution is -2.13. The number of nitrogens with zero attached hydrogens (tertiary/aromatic N) is 1. The maximum Gasteiger partial charge on any atom is 0.256 e. The summed E-state index contributed by atoms with van der Waals surface area (Å²) in [4.78, 5) is 16.4. The number of ether oxygens (including phenoxy) is 2. The number of nitrogens with one attached hydrogen (secondary N) is 1. The van der Waals surface area contributed by atoms with Crippen LogP contribution in [0.5, 0.6) is 11.5 Å². The van der Waals surface area contributed by atoms with Gasteiger partial charge in [0.1, 0.15) is 5.82 Å². The number of rotatable bonds is 4. The second-order valence-electron chi connectivity index (χ2n) is 4.34. The van der Waals surface area contributed by atoms with Crippen LogP contribution < -0.4 is 14.8 Å². The highest BCUT2D eigenvalue weighted by Gasteiger charge is 2.11. The molecular weight excluding hydrogens is 336 g/mol. The minimum absolute atomic E-state index is 0.259. The highest BCUT2D eigenvalue weighted by atomic mass is 79.9. The summed E-state index contributed by atoms with van der Waals surface area (Å²) in [6, 6.07) is 6.78. The van der Waals surface area contributed by atoms with E-state index < -0.39 is 0 Å². The van der Waals surface area contributed by atoms with Crippen LogP contribution >= 0.6 is 15.9 Å². The molecule has 0 spiro atoms. The smallest absolute Gasteiger partial charge is 0.256 e. The van der Waals surface area contributed by atoms with Crippen molar-refractivity contribution in [3.8, 4) is 11.5 Å². The fourth-order valence-corrected chi connectivity index (χ4v) is 1.99. The summed E-state index contributed by atoms with van der Waals surface area (Å²) in [7, 11) is 3.07. The van der Waals surface area contributed by atoms with Crippen LogP contribution in [0.3, 0.4) is 0 Å². The third kappa shape index (κ3) is 3.52. The van der Waals surface area contributed by atoms with Gasteiger partial charge in [-0.2, -0.15) is 0 Å². The van der Waals surface area contributed by atoms with Gasteiger partial charge >= 0.3 is 0 Å². The molecule has 1 heterocycles. The van der Waals surface area contributed by atoms with Gasteiger partial charge < -0.3 is 14.8 Å². The van der Waals surface area contributed by atoms with Crippen LogP contribution in [0.4, 0.5) is 5.82 Å². The molecule has 110 valence electrons. The molecule has 1 N–H and O–H groups in total. The SMILES string of the molecule is COc1ccc(C(=O)Nc2cc(C)c(Br)cn2)cc1OC. The molecule has 0 aliphatic heterocycles. The Hall–Kier alpha value is -2.08. The van der Waals surface area contributed by atoms with E-state index in [1.807, 2.05) is 6.92 Å². The normalized spacial score (nSPS) is 10.1. The molecule has 0 saturated carbocycles. The minimum atomic E-state index is -0.259. The number of carbonyl (C=O) groups excluding carboxylic acids is 1. The molecule has 6 heteroatoms. The standard InChI is InChI=1S/C15H15BrN2O3/c1-9-6-14(17-8-11(9)16)18-15(19)10-4-5-12(20-2)13(7-10)21-3/h4-8H,1-3H3,(H,17,18,19). The number of pyridine rings is 1. The van der Waals surface area contributed by atoms with Crippen molar-refractivity contribution in [2.45, 2.75) is 6.92 Å². The molecule has 0 saturated heterocycles. The molecule has 21 heavy (non-hydrogen) atoms. The van der Waals surface area contributed by atoms with Crippen LogP contribution in [0.1, 0.15) is 15.9 Å². The number of hydrogen-bond donors (Lipinski definition) is 1. The third-order valence-corrected chi connectivity index (χ3v) is 3.76. The Balaban J connectivity index is 2.21. The first-order valence-corrected chi connectivity index (χ1v) is 7.00. The maximum absolute atomic E-state index is 12.2. The fraction of sp³-hybridized carbons (Fsp3) is 0.200. The molecule has 1 amide bonds. The lowest BCUT2D eigenvalue weighted by molar-refractivity contribution is 0.102. The fourth-order valence-electron chi connectivity index (χ4n) is 1.77. The van der Waals surface area contributed by atoms with Crippen LogP contribution in [-0.4, -0.2) is 25.1 Å². The van der Waals surface area contributed by atoms with E-state index in [9.17, 15) is 4.79 Å². The number of hydrogen-bond acceptors (Lipinski definition) is 4. The maximum atomic E-state index is 12.2.